The van der Waals surface area contributed by atoms with E-state index in [0.717, 1.165) is 18.2 Å². The number of urea groups is 1. The Labute approximate surface area is 111 Å². The van der Waals surface area contributed by atoms with Gasteiger partial charge in [0.25, 0.3) is 5.91 Å². The fourth-order valence-electron chi connectivity index (χ4n) is 1.63. The van der Waals surface area contributed by atoms with E-state index in [0.29, 0.717) is 18.2 Å². The third-order valence-corrected chi connectivity index (χ3v) is 3.42. The summed E-state index contributed by atoms with van der Waals surface area (Å²) in [7, 11) is 0. The van der Waals surface area contributed by atoms with Crippen LogP contribution in [0.2, 0.25) is 0 Å². The molecule has 0 saturated carbocycles. The summed E-state index contributed by atoms with van der Waals surface area (Å²) in [5.74, 6) is -1.22. The maximum absolute atomic E-state index is 12.7. The molecule has 0 radical (unpaired) electrons. The molecule has 1 fully saturated rings. The first-order valence-electron chi connectivity index (χ1n) is 5.51. The molecule has 1 rings (SSSR count). The van der Waals surface area contributed by atoms with Crippen molar-refractivity contribution in [3.05, 3.63) is 0 Å². The van der Waals surface area contributed by atoms with Gasteiger partial charge in [0, 0.05) is 11.9 Å². The zero-order chi connectivity index (χ0) is 14.0. The Hall–Kier alpha value is -0.790. The smallest absolute Gasteiger partial charge is 0.316 e. The van der Waals surface area contributed by atoms with Gasteiger partial charge in [0.1, 0.15) is 0 Å². The normalized spacial score (nSPS) is 24.6. The van der Waals surface area contributed by atoms with E-state index in [1.807, 2.05) is 0 Å². The van der Waals surface area contributed by atoms with Crippen LogP contribution in [-0.2, 0) is 4.79 Å². The number of rotatable bonds is 5. The van der Waals surface area contributed by atoms with Crippen LogP contribution in [0.4, 0.5) is 18.0 Å². The standard InChI is InChI=1S/C10H14BrF3N2O2/c1-9(10(12,13)14)7(17)16(8(18)15-9)6-4-2-3-5-11/h2-6H2,1H3,(H,15,18). The van der Waals surface area contributed by atoms with Gasteiger partial charge in [0.2, 0.25) is 5.54 Å². The molecular formula is C10H14BrF3N2O2. The largest absolute Gasteiger partial charge is 0.420 e. The van der Waals surface area contributed by atoms with Crippen molar-refractivity contribution in [1.82, 2.24) is 10.2 Å². The van der Waals surface area contributed by atoms with Gasteiger partial charge in [-0.3, -0.25) is 9.69 Å². The second-order valence-electron chi connectivity index (χ2n) is 4.26. The molecule has 0 aromatic rings. The monoisotopic (exact) mass is 330 g/mol. The van der Waals surface area contributed by atoms with Gasteiger partial charge >= 0.3 is 12.2 Å². The number of amides is 3. The Morgan fingerprint density at radius 2 is 1.89 bits per heavy atom. The number of hydrogen-bond acceptors (Lipinski definition) is 2. The fraction of sp³-hybridized carbons (Fsp3) is 0.800. The third kappa shape index (κ3) is 2.78. The molecule has 3 amide bonds. The first kappa shape index (κ1) is 15.3. The lowest BCUT2D eigenvalue weighted by molar-refractivity contribution is -0.191. The highest BCUT2D eigenvalue weighted by atomic mass is 79.9. The Morgan fingerprint density at radius 1 is 1.28 bits per heavy atom. The second-order valence-corrected chi connectivity index (χ2v) is 5.05. The molecule has 1 saturated heterocycles. The van der Waals surface area contributed by atoms with E-state index in [-0.39, 0.29) is 6.54 Å². The Kier molecular flexibility index (Phi) is 4.63. The summed E-state index contributed by atoms with van der Waals surface area (Å²) in [6.45, 7) is 0.703. The minimum atomic E-state index is -4.79. The molecule has 1 heterocycles. The molecule has 4 nitrogen and oxygen atoms in total. The lowest BCUT2D eigenvalue weighted by Crippen LogP contribution is -2.56. The van der Waals surface area contributed by atoms with E-state index in [4.69, 9.17) is 0 Å². The number of halogens is 4. The topological polar surface area (TPSA) is 49.4 Å². The van der Waals surface area contributed by atoms with Crippen LogP contribution < -0.4 is 5.32 Å². The van der Waals surface area contributed by atoms with Crippen LogP contribution in [0, 0.1) is 0 Å². The summed E-state index contributed by atoms with van der Waals surface area (Å²) in [4.78, 5) is 23.7. The van der Waals surface area contributed by atoms with Crippen LogP contribution in [0.1, 0.15) is 26.2 Å². The lowest BCUT2D eigenvalue weighted by Gasteiger charge is -2.24. The number of alkyl halides is 4. The first-order valence-corrected chi connectivity index (χ1v) is 6.63. The maximum Gasteiger partial charge on any atom is 0.420 e. The molecular weight excluding hydrogens is 317 g/mol. The number of carbonyl (C=O) groups is 2. The van der Waals surface area contributed by atoms with E-state index >= 15 is 0 Å². The van der Waals surface area contributed by atoms with Crippen molar-refractivity contribution in [1.29, 1.82) is 0 Å². The van der Waals surface area contributed by atoms with Gasteiger partial charge in [0.15, 0.2) is 0 Å². The molecule has 8 heteroatoms. The van der Waals surface area contributed by atoms with E-state index in [1.54, 1.807) is 5.32 Å². The second kappa shape index (κ2) is 5.46. The molecule has 1 N–H and O–H groups in total. The van der Waals surface area contributed by atoms with Gasteiger partial charge in [-0.05, 0) is 19.8 Å². The van der Waals surface area contributed by atoms with Crippen molar-refractivity contribution in [2.45, 2.75) is 37.9 Å². The van der Waals surface area contributed by atoms with Crippen LogP contribution in [0.15, 0.2) is 0 Å². The molecule has 0 spiro atoms. The number of unbranched alkanes of at least 4 members (excludes halogenated alkanes) is 2. The Balaban J connectivity index is 2.68. The summed E-state index contributed by atoms with van der Waals surface area (Å²) < 4.78 is 38.1. The number of carbonyl (C=O) groups excluding carboxylic acids is 2. The summed E-state index contributed by atoms with van der Waals surface area (Å²) in [6, 6.07) is -0.973. The summed E-state index contributed by atoms with van der Waals surface area (Å²) in [5.41, 5.74) is -2.79. The highest BCUT2D eigenvalue weighted by Gasteiger charge is 2.64. The van der Waals surface area contributed by atoms with Gasteiger partial charge in [-0.25, -0.2) is 4.79 Å². The maximum atomic E-state index is 12.7. The number of nitrogens with zero attached hydrogens (tertiary/aromatic N) is 1. The molecule has 1 aliphatic heterocycles. The van der Waals surface area contributed by atoms with Crippen LogP contribution in [0.3, 0.4) is 0 Å². The molecule has 0 aromatic heterocycles. The predicted molar refractivity (Wildman–Crippen MR) is 62.3 cm³/mol. The van der Waals surface area contributed by atoms with Crippen LogP contribution in [0.25, 0.3) is 0 Å². The number of imide groups is 1. The lowest BCUT2D eigenvalue weighted by atomic mass is 10.0. The minimum absolute atomic E-state index is 0.0172. The van der Waals surface area contributed by atoms with Gasteiger partial charge in [-0.15, -0.1) is 0 Å². The molecule has 0 aliphatic carbocycles. The average Bonchev–Trinajstić information content (AvgIpc) is 2.47. The van der Waals surface area contributed by atoms with Gasteiger partial charge in [0.05, 0.1) is 0 Å². The van der Waals surface area contributed by atoms with Crippen molar-refractivity contribution >= 4 is 27.9 Å². The Morgan fingerprint density at radius 3 is 2.33 bits per heavy atom. The number of nitrogens with one attached hydrogen (secondary N) is 1. The quantitative estimate of drug-likeness (QED) is 0.478. The van der Waals surface area contributed by atoms with Crippen LogP contribution in [0.5, 0.6) is 0 Å². The van der Waals surface area contributed by atoms with E-state index in [2.05, 4.69) is 15.9 Å². The third-order valence-electron chi connectivity index (χ3n) is 2.86. The molecule has 1 atom stereocenters. The van der Waals surface area contributed by atoms with Gasteiger partial charge < -0.3 is 5.32 Å². The summed E-state index contributed by atoms with van der Waals surface area (Å²) in [6.07, 6.45) is -2.70. The fourth-order valence-corrected chi connectivity index (χ4v) is 2.03. The average molecular weight is 331 g/mol. The predicted octanol–water partition coefficient (Wildman–Crippen LogP) is 2.42. The van der Waals surface area contributed by atoms with Crippen molar-refractivity contribution < 1.29 is 22.8 Å². The van der Waals surface area contributed by atoms with Crippen molar-refractivity contribution in [2.75, 3.05) is 11.9 Å². The minimum Gasteiger partial charge on any atom is -0.316 e. The molecule has 1 unspecified atom stereocenters. The first-order chi connectivity index (χ1) is 8.24. The molecule has 0 bridgehead atoms. The van der Waals surface area contributed by atoms with E-state index in [9.17, 15) is 22.8 Å². The molecule has 18 heavy (non-hydrogen) atoms. The molecule has 104 valence electrons. The SMILES string of the molecule is CC1(C(F)(F)F)NC(=O)N(CCCCCBr)C1=O. The zero-order valence-corrected chi connectivity index (χ0v) is 11.4. The van der Waals surface area contributed by atoms with Crippen molar-refractivity contribution in [2.24, 2.45) is 0 Å². The zero-order valence-electron chi connectivity index (χ0n) is 9.81. The molecule has 0 aromatic carbocycles. The van der Waals surface area contributed by atoms with Crippen molar-refractivity contribution in [3.63, 3.8) is 0 Å². The van der Waals surface area contributed by atoms with Gasteiger partial charge in [-0.2, -0.15) is 13.2 Å². The van der Waals surface area contributed by atoms with Crippen molar-refractivity contribution in [3.8, 4) is 0 Å². The summed E-state index contributed by atoms with van der Waals surface area (Å²) >= 11 is 3.22. The highest BCUT2D eigenvalue weighted by molar-refractivity contribution is 9.09. The van der Waals surface area contributed by atoms with Crippen LogP contribution >= 0.6 is 15.9 Å². The summed E-state index contributed by atoms with van der Waals surface area (Å²) in [5, 5.41) is 2.50. The Bertz CT molecular complexity index is 349. The molecule has 1 aliphatic rings. The highest BCUT2D eigenvalue weighted by Crippen LogP contribution is 2.35. The van der Waals surface area contributed by atoms with E-state index < -0.39 is 23.7 Å². The number of hydrogen-bond donors (Lipinski definition) is 1. The van der Waals surface area contributed by atoms with Crippen LogP contribution in [-0.4, -0.2) is 40.4 Å². The van der Waals surface area contributed by atoms with Gasteiger partial charge in [-0.1, -0.05) is 22.4 Å². The van der Waals surface area contributed by atoms with E-state index in [1.165, 1.54) is 0 Å².